The van der Waals surface area contributed by atoms with E-state index in [0.29, 0.717) is 23.7 Å². The van der Waals surface area contributed by atoms with Crippen molar-refractivity contribution in [3.8, 4) is 0 Å². The lowest BCUT2D eigenvalue weighted by molar-refractivity contribution is 0.189. The van der Waals surface area contributed by atoms with Gasteiger partial charge in [-0.2, -0.15) is 0 Å². The second-order valence-corrected chi connectivity index (χ2v) is 3.25. The molecule has 78 valence electrons. The number of nitrogen functional groups attached to an aromatic ring is 1. The smallest absolute Gasteiger partial charge is 0.256 e. The number of aromatic nitrogens is 2. The average Bonchev–Trinajstić information content (AvgIpc) is 2.09. The molecule has 0 aliphatic heterocycles. The Kier molecular flexibility index (Phi) is 3.84. The minimum absolute atomic E-state index is 0.178. The summed E-state index contributed by atoms with van der Waals surface area (Å²) in [6, 6.07) is 1.32. The van der Waals surface area contributed by atoms with Crippen molar-refractivity contribution in [3.63, 3.8) is 0 Å². The normalized spacial score (nSPS) is 10.4. The van der Waals surface area contributed by atoms with Crippen LogP contribution in [0.1, 0.15) is 6.42 Å². The summed E-state index contributed by atoms with van der Waals surface area (Å²) < 4.78 is 6.70. The third-order valence-corrected chi connectivity index (χ3v) is 2.09. The zero-order chi connectivity index (χ0) is 10.6. The van der Waals surface area contributed by atoms with E-state index in [4.69, 9.17) is 22.7 Å². The monoisotopic (exact) mass is 215 g/mol. The molecule has 0 saturated carbocycles. The van der Waals surface area contributed by atoms with E-state index in [1.165, 1.54) is 10.6 Å². The number of rotatable bonds is 4. The highest BCUT2D eigenvalue weighted by Crippen LogP contribution is 1.93. The van der Waals surface area contributed by atoms with Gasteiger partial charge in [0.05, 0.1) is 0 Å². The van der Waals surface area contributed by atoms with Crippen LogP contribution < -0.4 is 11.3 Å². The fourth-order valence-corrected chi connectivity index (χ4v) is 1.42. The van der Waals surface area contributed by atoms with Crippen LogP contribution in [0.15, 0.2) is 10.9 Å². The molecule has 6 heteroatoms. The Morgan fingerprint density at radius 1 is 1.71 bits per heavy atom. The van der Waals surface area contributed by atoms with Gasteiger partial charge in [0.1, 0.15) is 5.82 Å². The summed E-state index contributed by atoms with van der Waals surface area (Å²) in [5.74, 6) is 0.294. The Labute approximate surface area is 86.5 Å². The van der Waals surface area contributed by atoms with E-state index in [1.807, 2.05) is 0 Å². The summed E-state index contributed by atoms with van der Waals surface area (Å²) in [5.41, 5.74) is 5.24. The molecular formula is C8H13N3O2S. The maximum atomic E-state index is 11.4. The predicted molar refractivity (Wildman–Crippen MR) is 56.8 cm³/mol. The molecule has 14 heavy (non-hydrogen) atoms. The molecule has 0 saturated heterocycles. The van der Waals surface area contributed by atoms with E-state index < -0.39 is 0 Å². The van der Waals surface area contributed by atoms with Crippen molar-refractivity contribution in [3.05, 3.63) is 21.2 Å². The van der Waals surface area contributed by atoms with Gasteiger partial charge >= 0.3 is 0 Å². The van der Waals surface area contributed by atoms with Gasteiger partial charge in [-0.05, 0) is 18.6 Å². The van der Waals surface area contributed by atoms with Crippen LogP contribution in [0.25, 0.3) is 0 Å². The third kappa shape index (κ3) is 2.68. The van der Waals surface area contributed by atoms with E-state index in [2.05, 4.69) is 4.98 Å². The Morgan fingerprint density at radius 3 is 3.00 bits per heavy atom. The molecule has 0 bridgehead atoms. The lowest BCUT2D eigenvalue weighted by Crippen LogP contribution is -2.22. The van der Waals surface area contributed by atoms with Crippen molar-refractivity contribution < 1.29 is 4.74 Å². The second kappa shape index (κ2) is 4.92. The quantitative estimate of drug-likeness (QED) is 0.567. The first-order valence-corrected chi connectivity index (χ1v) is 4.64. The van der Waals surface area contributed by atoms with Gasteiger partial charge in [-0.3, -0.25) is 9.36 Å². The number of hydrogen-bond donors (Lipinski definition) is 2. The molecule has 1 aromatic rings. The van der Waals surface area contributed by atoms with E-state index in [9.17, 15) is 4.79 Å². The van der Waals surface area contributed by atoms with Gasteiger partial charge in [0.15, 0.2) is 4.77 Å². The summed E-state index contributed by atoms with van der Waals surface area (Å²) in [4.78, 5) is 14.1. The van der Waals surface area contributed by atoms with Gasteiger partial charge < -0.3 is 15.5 Å². The molecule has 1 heterocycles. The van der Waals surface area contributed by atoms with Crippen LogP contribution in [0.2, 0.25) is 0 Å². The lowest BCUT2D eigenvalue weighted by Gasteiger charge is -2.05. The first-order chi connectivity index (χ1) is 6.65. The van der Waals surface area contributed by atoms with Crippen LogP contribution in [0, 0.1) is 4.77 Å². The second-order valence-electron chi connectivity index (χ2n) is 2.87. The summed E-state index contributed by atoms with van der Waals surface area (Å²) >= 11 is 4.96. The third-order valence-electron chi connectivity index (χ3n) is 1.77. The van der Waals surface area contributed by atoms with E-state index >= 15 is 0 Å². The first-order valence-electron chi connectivity index (χ1n) is 4.23. The minimum atomic E-state index is -0.178. The van der Waals surface area contributed by atoms with Crippen LogP contribution in [0.5, 0.6) is 0 Å². The number of aromatic amines is 1. The summed E-state index contributed by atoms with van der Waals surface area (Å²) in [6.45, 7) is 1.15. The fourth-order valence-electron chi connectivity index (χ4n) is 1.12. The van der Waals surface area contributed by atoms with Gasteiger partial charge in [0, 0.05) is 26.3 Å². The molecule has 0 aliphatic carbocycles. The number of ether oxygens (including phenoxy) is 1. The van der Waals surface area contributed by atoms with Crippen molar-refractivity contribution in [1.29, 1.82) is 0 Å². The number of nitrogens with zero attached hydrogens (tertiary/aromatic N) is 1. The van der Waals surface area contributed by atoms with Crippen LogP contribution >= 0.6 is 12.2 Å². The number of methoxy groups -OCH3 is 1. The lowest BCUT2D eigenvalue weighted by atomic mass is 10.4. The van der Waals surface area contributed by atoms with Crippen molar-refractivity contribution in [2.45, 2.75) is 13.0 Å². The zero-order valence-electron chi connectivity index (χ0n) is 7.95. The van der Waals surface area contributed by atoms with Crippen LogP contribution in [-0.2, 0) is 11.3 Å². The molecule has 0 atom stereocenters. The molecule has 0 amide bonds. The number of H-pyrrole nitrogens is 1. The summed E-state index contributed by atoms with van der Waals surface area (Å²) in [6.07, 6.45) is 0.748. The largest absolute Gasteiger partial charge is 0.385 e. The minimum Gasteiger partial charge on any atom is -0.385 e. The highest BCUT2D eigenvalue weighted by atomic mass is 32.1. The predicted octanol–water partition coefficient (Wildman–Crippen LogP) is 0.525. The number of hydrogen-bond acceptors (Lipinski definition) is 4. The number of anilines is 1. The van der Waals surface area contributed by atoms with Gasteiger partial charge in [0.2, 0.25) is 0 Å². The Balaban J connectivity index is 2.87. The number of nitrogens with one attached hydrogen (secondary N) is 1. The zero-order valence-corrected chi connectivity index (χ0v) is 8.76. The maximum Gasteiger partial charge on any atom is 0.256 e. The Hall–Kier alpha value is -1.14. The van der Waals surface area contributed by atoms with Crippen molar-refractivity contribution in [1.82, 2.24) is 9.55 Å². The van der Waals surface area contributed by atoms with Gasteiger partial charge in [-0.25, -0.2) is 0 Å². The van der Waals surface area contributed by atoms with Gasteiger partial charge in [-0.1, -0.05) is 0 Å². The molecule has 0 spiro atoms. The molecule has 0 fully saturated rings. The van der Waals surface area contributed by atoms with Crippen molar-refractivity contribution in [2.24, 2.45) is 0 Å². The maximum absolute atomic E-state index is 11.4. The molecule has 3 N–H and O–H groups in total. The molecule has 0 aromatic carbocycles. The summed E-state index contributed by atoms with van der Waals surface area (Å²) in [7, 11) is 1.62. The average molecular weight is 215 g/mol. The fraction of sp³-hybridized carbons (Fsp3) is 0.500. The molecule has 1 rings (SSSR count). The van der Waals surface area contributed by atoms with Crippen molar-refractivity contribution in [2.75, 3.05) is 19.5 Å². The first kappa shape index (κ1) is 10.9. The van der Waals surface area contributed by atoms with E-state index in [1.54, 1.807) is 7.11 Å². The molecule has 0 aliphatic rings. The highest BCUT2D eigenvalue weighted by molar-refractivity contribution is 7.71. The summed E-state index contributed by atoms with van der Waals surface area (Å²) in [5, 5.41) is 0. The van der Waals surface area contributed by atoms with E-state index in [0.717, 1.165) is 6.42 Å². The highest BCUT2D eigenvalue weighted by Gasteiger charge is 1.99. The number of nitrogens with two attached hydrogens (primary N) is 1. The topological polar surface area (TPSA) is 73.0 Å². The molecule has 0 unspecified atom stereocenters. The van der Waals surface area contributed by atoms with Crippen LogP contribution in [0.4, 0.5) is 5.82 Å². The van der Waals surface area contributed by atoms with Gasteiger partial charge in [-0.15, -0.1) is 0 Å². The van der Waals surface area contributed by atoms with Crippen LogP contribution in [0.3, 0.4) is 0 Å². The molecule has 0 radical (unpaired) electrons. The molecular weight excluding hydrogens is 202 g/mol. The van der Waals surface area contributed by atoms with Crippen molar-refractivity contribution >= 4 is 18.0 Å². The Bertz CT molecular complexity index is 379. The molecule has 1 aromatic heterocycles. The van der Waals surface area contributed by atoms with Crippen LogP contribution in [-0.4, -0.2) is 23.3 Å². The standard InChI is InChI=1S/C8H13N3O2S/c1-13-4-2-3-11-7(12)5-6(9)10-8(11)14/h5H,2-4,9H2,1H3,(H,10,14). The van der Waals surface area contributed by atoms with Gasteiger partial charge in [0.25, 0.3) is 5.56 Å². The Morgan fingerprint density at radius 2 is 2.43 bits per heavy atom. The molecule has 5 nitrogen and oxygen atoms in total. The van der Waals surface area contributed by atoms with E-state index in [-0.39, 0.29) is 5.56 Å². The SMILES string of the molecule is COCCCn1c(=O)cc(N)[nH]c1=S.